The van der Waals surface area contributed by atoms with Gasteiger partial charge in [0.25, 0.3) is 0 Å². The van der Waals surface area contributed by atoms with Crippen molar-refractivity contribution in [3.05, 3.63) is 35.8 Å². The van der Waals surface area contributed by atoms with Gasteiger partial charge in [-0.3, -0.25) is 4.68 Å². The van der Waals surface area contributed by atoms with E-state index in [0.29, 0.717) is 0 Å². The third-order valence-electron chi connectivity index (χ3n) is 3.15. The van der Waals surface area contributed by atoms with Gasteiger partial charge in [0.15, 0.2) is 0 Å². The Kier molecular flexibility index (Phi) is 3.57. The molecular weight excluding hydrogens is 256 g/mol. The molecule has 1 fully saturated rings. The second kappa shape index (κ2) is 5.35. The highest BCUT2D eigenvalue weighted by atomic mass is 32.2. The fourth-order valence-electron chi connectivity index (χ4n) is 1.94. The van der Waals surface area contributed by atoms with Crippen LogP contribution in [0.25, 0.3) is 0 Å². The predicted molar refractivity (Wildman–Crippen MR) is 76.2 cm³/mol. The highest BCUT2D eigenvalue weighted by molar-refractivity contribution is 7.99. The Hall–Kier alpha value is -1.33. The van der Waals surface area contributed by atoms with E-state index in [1.165, 1.54) is 24.0 Å². The zero-order chi connectivity index (χ0) is 13.2. The van der Waals surface area contributed by atoms with E-state index in [4.69, 9.17) is 0 Å². The smallest absolute Gasteiger partial charge is 0.104 e. The second-order valence-corrected chi connectivity index (χ2v) is 6.13. The minimum atomic E-state index is 0.741. The standard InChI is InChI=1S/C14H18N4S/c1-10-5-11(6-15-12-3-4-12)7-16-14(10)19-13-8-17-18(2)9-13/h5,7-9,12,15H,3-4,6H2,1-2H3. The van der Waals surface area contributed by atoms with Crippen LogP contribution in [0, 0.1) is 6.92 Å². The molecule has 1 N–H and O–H groups in total. The van der Waals surface area contributed by atoms with Crippen LogP contribution >= 0.6 is 11.8 Å². The third-order valence-corrected chi connectivity index (χ3v) is 4.22. The first-order valence-corrected chi connectivity index (χ1v) is 7.38. The van der Waals surface area contributed by atoms with Gasteiger partial charge < -0.3 is 5.32 Å². The molecule has 0 atom stereocenters. The Morgan fingerprint density at radius 1 is 1.42 bits per heavy atom. The van der Waals surface area contributed by atoms with Crippen molar-refractivity contribution in [1.29, 1.82) is 0 Å². The quantitative estimate of drug-likeness (QED) is 0.910. The van der Waals surface area contributed by atoms with Gasteiger partial charge in [0.05, 0.1) is 11.1 Å². The molecule has 3 rings (SSSR count). The van der Waals surface area contributed by atoms with Crippen molar-refractivity contribution < 1.29 is 0 Å². The van der Waals surface area contributed by atoms with E-state index >= 15 is 0 Å². The van der Waals surface area contributed by atoms with Crippen molar-refractivity contribution in [2.45, 2.75) is 42.3 Å². The molecule has 2 aromatic rings. The zero-order valence-corrected chi connectivity index (χ0v) is 12.1. The largest absolute Gasteiger partial charge is 0.310 e. The summed E-state index contributed by atoms with van der Waals surface area (Å²) in [6, 6.07) is 2.96. The fraction of sp³-hybridized carbons (Fsp3) is 0.429. The maximum atomic E-state index is 4.57. The number of hydrogen-bond acceptors (Lipinski definition) is 4. The molecule has 1 aliphatic rings. The van der Waals surface area contributed by atoms with Crippen LogP contribution in [-0.4, -0.2) is 20.8 Å². The summed E-state index contributed by atoms with van der Waals surface area (Å²) >= 11 is 1.67. The Morgan fingerprint density at radius 3 is 2.89 bits per heavy atom. The summed E-state index contributed by atoms with van der Waals surface area (Å²) in [5.41, 5.74) is 2.49. The number of hydrogen-bond donors (Lipinski definition) is 1. The molecule has 1 aliphatic carbocycles. The van der Waals surface area contributed by atoms with E-state index in [2.05, 4.69) is 28.4 Å². The number of aromatic nitrogens is 3. The number of nitrogens with one attached hydrogen (secondary N) is 1. The van der Waals surface area contributed by atoms with E-state index < -0.39 is 0 Å². The highest BCUT2D eigenvalue weighted by Crippen LogP contribution is 2.28. The molecule has 0 saturated heterocycles. The van der Waals surface area contributed by atoms with Crippen molar-refractivity contribution in [2.75, 3.05) is 0 Å². The summed E-state index contributed by atoms with van der Waals surface area (Å²) in [5, 5.41) is 8.74. The minimum Gasteiger partial charge on any atom is -0.310 e. The Labute approximate surface area is 117 Å². The molecule has 2 heterocycles. The van der Waals surface area contributed by atoms with Crippen LogP contribution in [0.15, 0.2) is 34.6 Å². The lowest BCUT2D eigenvalue weighted by Crippen LogP contribution is -2.15. The SMILES string of the molecule is Cc1cc(CNC2CC2)cnc1Sc1cnn(C)c1. The van der Waals surface area contributed by atoms with Crippen molar-refractivity contribution in [3.8, 4) is 0 Å². The second-order valence-electron chi connectivity index (χ2n) is 5.07. The van der Waals surface area contributed by atoms with Gasteiger partial charge >= 0.3 is 0 Å². The van der Waals surface area contributed by atoms with E-state index in [-0.39, 0.29) is 0 Å². The highest BCUT2D eigenvalue weighted by Gasteiger charge is 2.20. The van der Waals surface area contributed by atoms with Gasteiger partial charge in [-0.05, 0) is 30.9 Å². The first kappa shape index (κ1) is 12.7. The lowest BCUT2D eigenvalue weighted by atomic mass is 10.2. The molecule has 5 heteroatoms. The molecular formula is C14H18N4S. The molecule has 0 aromatic carbocycles. The van der Waals surface area contributed by atoms with Crippen molar-refractivity contribution >= 4 is 11.8 Å². The van der Waals surface area contributed by atoms with Gasteiger partial charge in [0, 0.05) is 32.0 Å². The lowest BCUT2D eigenvalue weighted by Gasteiger charge is -2.07. The van der Waals surface area contributed by atoms with Crippen molar-refractivity contribution in [2.24, 2.45) is 7.05 Å². The van der Waals surface area contributed by atoms with Crippen LogP contribution in [0.2, 0.25) is 0 Å². The zero-order valence-electron chi connectivity index (χ0n) is 11.3. The first-order chi connectivity index (χ1) is 9.20. The normalized spacial score (nSPS) is 14.8. The Morgan fingerprint density at radius 2 is 2.26 bits per heavy atom. The van der Waals surface area contributed by atoms with Gasteiger partial charge in [-0.15, -0.1) is 0 Å². The van der Waals surface area contributed by atoms with Gasteiger partial charge in [-0.1, -0.05) is 17.8 Å². The average Bonchev–Trinajstić information content (AvgIpc) is 3.13. The topological polar surface area (TPSA) is 42.7 Å². The van der Waals surface area contributed by atoms with Crippen LogP contribution in [0.1, 0.15) is 24.0 Å². The van der Waals surface area contributed by atoms with Crippen LogP contribution in [-0.2, 0) is 13.6 Å². The Bertz CT molecular complexity index is 575. The summed E-state index contributed by atoms with van der Waals surface area (Å²) in [4.78, 5) is 5.69. The number of nitrogens with zero attached hydrogens (tertiary/aromatic N) is 3. The molecule has 0 radical (unpaired) electrons. The molecule has 19 heavy (non-hydrogen) atoms. The van der Waals surface area contributed by atoms with Gasteiger partial charge in [0.2, 0.25) is 0 Å². The summed E-state index contributed by atoms with van der Waals surface area (Å²) in [7, 11) is 1.93. The number of aryl methyl sites for hydroxylation is 2. The molecule has 0 unspecified atom stereocenters. The third kappa shape index (κ3) is 3.36. The average molecular weight is 274 g/mol. The van der Waals surface area contributed by atoms with Crippen LogP contribution in [0.3, 0.4) is 0 Å². The monoisotopic (exact) mass is 274 g/mol. The van der Waals surface area contributed by atoms with Crippen LogP contribution in [0.5, 0.6) is 0 Å². The molecule has 4 nitrogen and oxygen atoms in total. The molecule has 2 aromatic heterocycles. The molecule has 0 bridgehead atoms. The minimum absolute atomic E-state index is 0.741. The summed E-state index contributed by atoms with van der Waals surface area (Å²) < 4.78 is 1.81. The van der Waals surface area contributed by atoms with Gasteiger partial charge in [-0.2, -0.15) is 5.10 Å². The fourth-order valence-corrected chi connectivity index (χ4v) is 2.79. The summed E-state index contributed by atoms with van der Waals surface area (Å²) in [5.74, 6) is 0. The summed E-state index contributed by atoms with van der Waals surface area (Å²) in [6.45, 7) is 3.04. The molecule has 0 amide bonds. The lowest BCUT2D eigenvalue weighted by molar-refractivity contribution is 0.684. The van der Waals surface area contributed by atoms with Crippen LogP contribution < -0.4 is 5.32 Å². The van der Waals surface area contributed by atoms with Crippen molar-refractivity contribution in [1.82, 2.24) is 20.1 Å². The molecule has 0 aliphatic heterocycles. The molecule has 1 saturated carbocycles. The number of pyridine rings is 1. The summed E-state index contributed by atoms with van der Waals surface area (Å²) in [6.07, 6.45) is 8.49. The van der Waals surface area contributed by atoms with E-state index in [1.54, 1.807) is 11.8 Å². The first-order valence-electron chi connectivity index (χ1n) is 6.56. The maximum absolute atomic E-state index is 4.57. The molecule has 0 spiro atoms. The van der Waals surface area contributed by atoms with Gasteiger partial charge in [-0.25, -0.2) is 4.98 Å². The maximum Gasteiger partial charge on any atom is 0.104 e. The number of rotatable bonds is 5. The van der Waals surface area contributed by atoms with Crippen molar-refractivity contribution in [3.63, 3.8) is 0 Å². The van der Waals surface area contributed by atoms with E-state index in [0.717, 1.165) is 22.5 Å². The van der Waals surface area contributed by atoms with E-state index in [1.807, 2.05) is 30.3 Å². The van der Waals surface area contributed by atoms with E-state index in [9.17, 15) is 0 Å². The Balaban J connectivity index is 1.67. The molecule has 100 valence electrons. The predicted octanol–water partition coefficient (Wildman–Crippen LogP) is 2.53. The van der Waals surface area contributed by atoms with Gasteiger partial charge in [0.1, 0.15) is 5.03 Å². The van der Waals surface area contributed by atoms with Crippen LogP contribution in [0.4, 0.5) is 0 Å².